The van der Waals surface area contributed by atoms with Crippen molar-refractivity contribution < 1.29 is 9.59 Å². The molecule has 0 aliphatic rings. The Hall–Kier alpha value is -2.04. The average Bonchev–Trinajstić information content (AvgIpc) is 2.64. The summed E-state index contributed by atoms with van der Waals surface area (Å²) in [6.45, 7) is 8.20. The maximum absolute atomic E-state index is 13.2. The van der Waals surface area contributed by atoms with E-state index in [1.807, 2.05) is 39.0 Å². The lowest BCUT2D eigenvalue weighted by molar-refractivity contribution is -0.140. The van der Waals surface area contributed by atoms with Crippen LogP contribution in [0.3, 0.4) is 0 Å². The highest BCUT2D eigenvalue weighted by Gasteiger charge is 2.27. The molecule has 1 N–H and O–H groups in total. The maximum atomic E-state index is 13.2. The van der Waals surface area contributed by atoms with E-state index < -0.39 is 6.04 Å². The number of likely N-dealkylation sites (N-methyl/N-ethyl adjacent to an activating group) is 1. The van der Waals surface area contributed by atoms with E-state index in [4.69, 9.17) is 23.2 Å². The number of hydrogen-bond donors (Lipinski definition) is 1. The Balaban J connectivity index is 2.35. The highest BCUT2D eigenvalue weighted by atomic mass is 35.5. The molecule has 0 spiro atoms. The van der Waals surface area contributed by atoms with E-state index in [2.05, 4.69) is 5.32 Å². The molecule has 2 rings (SSSR count). The van der Waals surface area contributed by atoms with Crippen molar-refractivity contribution in [3.63, 3.8) is 0 Å². The number of amides is 2. The normalized spacial score (nSPS) is 11.8. The topological polar surface area (TPSA) is 49.4 Å². The van der Waals surface area contributed by atoms with Crippen LogP contribution in [-0.2, 0) is 22.6 Å². The Bertz CT molecular complexity index is 847. The van der Waals surface area contributed by atoms with Crippen LogP contribution < -0.4 is 5.32 Å². The third kappa shape index (κ3) is 5.49. The van der Waals surface area contributed by atoms with Gasteiger partial charge in [0.15, 0.2) is 0 Å². The zero-order valence-corrected chi connectivity index (χ0v) is 18.2. The van der Waals surface area contributed by atoms with Crippen LogP contribution in [0.15, 0.2) is 36.4 Å². The lowest BCUT2D eigenvalue weighted by atomic mass is 10.0. The first-order valence-corrected chi connectivity index (χ1v) is 10.1. The van der Waals surface area contributed by atoms with Gasteiger partial charge in [-0.25, -0.2) is 0 Å². The largest absolute Gasteiger partial charge is 0.355 e. The third-order valence-corrected chi connectivity index (χ3v) is 5.46. The summed E-state index contributed by atoms with van der Waals surface area (Å²) in [5, 5.41) is 3.73. The molecule has 6 heteroatoms. The molecule has 0 aliphatic carbocycles. The van der Waals surface area contributed by atoms with Crippen molar-refractivity contribution in [3.05, 3.63) is 68.7 Å². The molecule has 0 saturated heterocycles. The number of aryl methyl sites for hydroxylation is 2. The molecule has 1 atom stereocenters. The number of carbonyl (C=O) groups excluding carboxylic acids is 2. The summed E-state index contributed by atoms with van der Waals surface area (Å²) in [4.78, 5) is 27.2. The fraction of sp³-hybridized carbons (Fsp3) is 0.364. The van der Waals surface area contributed by atoms with Gasteiger partial charge in [0.1, 0.15) is 6.04 Å². The summed E-state index contributed by atoms with van der Waals surface area (Å²) >= 11 is 12.6. The van der Waals surface area contributed by atoms with E-state index in [9.17, 15) is 9.59 Å². The molecule has 28 heavy (non-hydrogen) atoms. The van der Waals surface area contributed by atoms with Crippen LogP contribution in [0.2, 0.25) is 10.0 Å². The minimum atomic E-state index is -0.648. The lowest BCUT2D eigenvalue weighted by Gasteiger charge is -2.29. The van der Waals surface area contributed by atoms with Crippen LogP contribution >= 0.6 is 23.2 Å². The zero-order valence-electron chi connectivity index (χ0n) is 16.7. The lowest BCUT2D eigenvalue weighted by Crippen LogP contribution is -2.48. The summed E-state index contributed by atoms with van der Waals surface area (Å²) in [5.41, 5.74) is 3.71. The van der Waals surface area contributed by atoms with Gasteiger partial charge >= 0.3 is 0 Å². The predicted molar refractivity (Wildman–Crippen MR) is 115 cm³/mol. The molecule has 2 aromatic carbocycles. The van der Waals surface area contributed by atoms with Crippen LogP contribution in [0, 0.1) is 13.8 Å². The van der Waals surface area contributed by atoms with Crippen LogP contribution in [0.1, 0.15) is 36.1 Å². The maximum Gasteiger partial charge on any atom is 0.242 e. The highest BCUT2D eigenvalue weighted by Crippen LogP contribution is 2.27. The van der Waals surface area contributed by atoms with Crippen molar-refractivity contribution in [2.75, 3.05) is 6.54 Å². The molecule has 0 heterocycles. The van der Waals surface area contributed by atoms with Crippen molar-refractivity contribution in [2.24, 2.45) is 0 Å². The number of benzene rings is 2. The first kappa shape index (κ1) is 22.3. The predicted octanol–water partition coefficient (Wildman–Crippen LogP) is 4.71. The van der Waals surface area contributed by atoms with Gasteiger partial charge in [-0.1, -0.05) is 53.0 Å². The molecule has 4 nitrogen and oxygen atoms in total. The first-order chi connectivity index (χ1) is 13.2. The number of nitrogens with zero attached hydrogens (tertiary/aromatic N) is 1. The van der Waals surface area contributed by atoms with Gasteiger partial charge in [-0.2, -0.15) is 0 Å². The fourth-order valence-electron chi connectivity index (χ4n) is 3.01. The monoisotopic (exact) mass is 420 g/mol. The number of rotatable bonds is 7. The molecule has 0 fully saturated rings. The van der Waals surface area contributed by atoms with E-state index >= 15 is 0 Å². The van der Waals surface area contributed by atoms with Gasteiger partial charge < -0.3 is 10.2 Å². The van der Waals surface area contributed by atoms with Gasteiger partial charge in [-0.05, 0) is 51.0 Å². The summed E-state index contributed by atoms with van der Waals surface area (Å²) in [6.07, 6.45) is 0.208. The molecule has 2 aromatic rings. The molecule has 0 unspecified atom stereocenters. The number of hydrogen-bond acceptors (Lipinski definition) is 2. The second-order valence-corrected chi connectivity index (χ2v) is 7.71. The van der Waals surface area contributed by atoms with Gasteiger partial charge in [0.2, 0.25) is 11.8 Å². The molecule has 0 aliphatic heterocycles. The van der Waals surface area contributed by atoms with Crippen molar-refractivity contribution in [1.29, 1.82) is 0 Å². The van der Waals surface area contributed by atoms with Crippen LogP contribution in [0.5, 0.6) is 0 Å². The Morgan fingerprint density at radius 3 is 2.36 bits per heavy atom. The molecule has 0 radical (unpaired) electrons. The molecule has 0 aromatic heterocycles. The molecule has 0 bridgehead atoms. The summed E-state index contributed by atoms with van der Waals surface area (Å²) in [6, 6.07) is 10.6. The van der Waals surface area contributed by atoms with Gasteiger partial charge in [0, 0.05) is 28.7 Å². The highest BCUT2D eigenvalue weighted by molar-refractivity contribution is 6.36. The van der Waals surface area contributed by atoms with Crippen molar-refractivity contribution >= 4 is 35.0 Å². The quantitative estimate of drug-likeness (QED) is 0.704. The fourth-order valence-corrected chi connectivity index (χ4v) is 3.53. The molecule has 150 valence electrons. The number of carbonyl (C=O) groups is 2. The zero-order chi connectivity index (χ0) is 20.8. The van der Waals surface area contributed by atoms with E-state index in [1.54, 1.807) is 30.0 Å². The first-order valence-electron chi connectivity index (χ1n) is 9.30. The summed E-state index contributed by atoms with van der Waals surface area (Å²) in [5.74, 6) is -0.358. The molecule has 2 amide bonds. The van der Waals surface area contributed by atoms with Gasteiger partial charge in [-0.3, -0.25) is 9.59 Å². The minimum Gasteiger partial charge on any atom is -0.355 e. The smallest absolute Gasteiger partial charge is 0.242 e. The Kier molecular flexibility index (Phi) is 7.90. The van der Waals surface area contributed by atoms with Crippen LogP contribution in [-0.4, -0.2) is 29.3 Å². The van der Waals surface area contributed by atoms with Crippen molar-refractivity contribution in [3.8, 4) is 0 Å². The van der Waals surface area contributed by atoms with Crippen molar-refractivity contribution in [2.45, 2.75) is 46.7 Å². The standard InChI is InChI=1S/C22H26Cl2N2O2/c1-5-25-22(28)16(4)26(13-18-19(23)7-6-8-20(18)24)21(27)12-17-11-14(2)9-10-15(17)3/h6-11,16H,5,12-13H2,1-4H3,(H,25,28)/t16-/m1/s1. The van der Waals surface area contributed by atoms with Crippen molar-refractivity contribution in [1.82, 2.24) is 10.2 Å². The molecule has 0 saturated carbocycles. The minimum absolute atomic E-state index is 0.150. The summed E-state index contributed by atoms with van der Waals surface area (Å²) in [7, 11) is 0. The molecular weight excluding hydrogens is 395 g/mol. The Labute approximate surface area is 176 Å². The van der Waals surface area contributed by atoms with E-state index in [0.717, 1.165) is 16.7 Å². The third-order valence-electron chi connectivity index (χ3n) is 4.75. The summed E-state index contributed by atoms with van der Waals surface area (Å²) < 4.78 is 0. The Morgan fingerprint density at radius 2 is 1.75 bits per heavy atom. The second-order valence-electron chi connectivity index (χ2n) is 6.90. The van der Waals surface area contributed by atoms with Crippen LogP contribution in [0.4, 0.5) is 0 Å². The van der Waals surface area contributed by atoms with E-state index in [1.165, 1.54) is 0 Å². The van der Waals surface area contributed by atoms with E-state index in [-0.39, 0.29) is 24.8 Å². The second kappa shape index (κ2) is 9.94. The Morgan fingerprint density at radius 1 is 1.11 bits per heavy atom. The average molecular weight is 421 g/mol. The number of halogens is 2. The SMILES string of the molecule is CCNC(=O)[C@@H](C)N(Cc1c(Cl)cccc1Cl)C(=O)Cc1cc(C)ccc1C. The van der Waals surface area contributed by atoms with Gasteiger partial charge in [-0.15, -0.1) is 0 Å². The number of nitrogens with one attached hydrogen (secondary N) is 1. The van der Waals surface area contributed by atoms with Crippen LogP contribution in [0.25, 0.3) is 0 Å². The van der Waals surface area contributed by atoms with E-state index in [0.29, 0.717) is 22.2 Å². The molecular formula is C22H26Cl2N2O2. The van der Waals surface area contributed by atoms with Gasteiger partial charge in [0.25, 0.3) is 0 Å². The van der Waals surface area contributed by atoms with Gasteiger partial charge in [0.05, 0.1) is 6.42 Å².